The fourth-order valence-electron chi connectivity index (χ4n) is 3.61. The fraction of sp³-hybridized carbons (Fsp3) is 0.435. The number of carbonyl (C=O) groups is 1. The van der Waals surface area contributed by atoms with Gasteiger partial charge in [0.1, 0.15) is 17.1 Å². The quantitative estimate of drug-likeness (QED) is 0.648. The molecule has 2 heterocycles. The summed E-state index contributed by atoms with van der Waals surface area (Å²) < 4.78 is 34.7. The Kier molecular flexibility index (Phi) is 6.86. The number of benzene rings is 1. The summed E-state index contributed by atoms with van der Waals surface area (Å²) in [7, 11) is -3.33. The molecule has 1 N–H and O–H groups in total. The van der Waals surface area contributed by atoms with E-state index in [1.807, 2.05) is 18.2 Å². The maximum absolute atomic E-state index is 13.2. The van der Waals surface area contributed by atoms with Gasteiger partial charge in [-0.05, 0) is 43.7 Å². The van der Waals surface area contributed by atoms with Crippen LogP contribution in [0.1, 0.15) is 47.8 Å². The SMILES string of the molecule is CS(=O)(=O)/C=C/[C@@H](NC(=O)c1cnc(C2CC2)nc1Oc1ccccc1)C1CCOCC1. The van der Waals surface area contributed by atoms with Crippen LogP contribution in [0, 0.1) is 5.92 Å². The molecule has 2 aliphatic rings. The topological polar surface area (TPSA) is 107 Å². The van der Waals surface area contributed by atoms with Gasteiger partial charge in [0.15, 0.2) is 9.84 Å². The van der Waals surface area contributed by atoms with Crippen molar-refractivity contribution in [2.75, 3.05) is 19.5 Å². The summed E-state index contributed by atoms with van der Waals surface area (Å²) in [5.74, 6) is 1.40. The Morgan fingerprint density at radius 1 is 1.19 bits per heavy atom. The van der Waals surface area contributed by atoms with Crippen LogP contribution in [0.4, 0.5) is 0 Å². The lowest BCUT2D eigenvalue weighted by atomic mass is 9.91. The van der Waals surface area contributed by atoms with Crippen LogP contribution in [0.3, 0.4) is 0 Å². The van der Waals surface area contributed by atoms with Crippen molar-refractivity contribution < 1.29 is 22.7 Å². The summed E-state index contributed by atoms with van der Waals surface area (Å²) in [4.78, 5) is 22.2. The van der Waals surface area contributed by atoms with Crippen LogP contribution < -0.4 is 10.1 Å². The number of hydrogen-bond acceptors (Lipinski definition) is 7. The Balaban J connectivity index is 1.60. The van der Waals surface area contributed by atoms with Crippen LogP contribution >= 0.6 is 0 Å². The number of aromatic nitrogens is 2. The molecule has 1 atom stereocenters. The summed E-state index contributed by atoms with van der Waals surface area (Å²) in [5.41, 5.74) is 0.211. The molecular weight excluding hydrogens is 430 g/mol. The number of sulfone groups is 1. The molecule has 32 heavy (non-hydrogen) atoms. The van der Waals surface area contributed by atoms with Gasteiger partial charge in [0, 0.05) is 37.0 Å². The van der Waals surface area contributed by atoms with Crippen LogP contribution in [0.5, 0.6) is 11.6 Å². The van der Waals surface area contributed by atoms with Crippen molar-refractivity contribution in [3.05, 3.63) is 59.4 Å². The van der Waals surface area contributed by atoms with Crippen molar-refractivity contribution >= 4 is 15.7 Å². The maximum atomic E-state index is 13.2. The summed E-state index contributed by atoms with van der Waals surface area (Å²) in [5, 5.41) is 4.10. The average molecular weight is 458 g/mol. The van der Waals surface area contributed by atoms with E-state index in [9.17, 15) is 13.2 Å². The molecule has 8 nitrogen and oxygen atoms in total. The molecule has 0 unspecified atom stereocenters. The monoisotopic (exact) mass is 457 g/mol. The smallest absolute Gasteiger partial charge is 0.258 e. The van der Waals surface area contributed by atoms with Gasteiger partial charge in [0.25, 0.3) is 5.91 Å². The van der Waals surface area contributed by atoms with Crippen LogP contribution in [0.2, 0.25) is 0 Å². The van der Waals surface area contributed by atoms with Crippen molar-refractivity contribution in [2.45, 2.75) is 37.6 Å². The number of amides is 1. The first-order valence-corrected chi connectivity index (χ1v) is 12.7. The second-order valence-electron chi connectivity index (χ2n) is 8.24. The molecule has 0 bridgehead atoms. The van der Waals surface area contributed by atoms with E-state index in [1.165, 1.54) is 6.20 Å². The Hall–Kier alpha value is -2.78. The second kappa shape index (κ2) is 9.79. The molecule has 2 aromatic rings. The van der Waals surface area contributed by atoms with E-state index in [1.54, 1.807) is 18.2 Å². The molecule has 1 aromatic carbocycles. The van der Waals surface area contributed by atoms with Crippen molar-refractivity contribution in [1.29, 1.82) is 0 Å². The number of carbonyl (C=O) groups excluding carboxylic acids is 1. The van der Waals surface area contributed by atoms with Gasteiger partial charge in [-0.25, -0.2) is 13.4 Å². The molecule has 170 valence electrons. The lowest BCUT2D eigenvalue weighted by Crippen LogP contribution is -2.41. The zero-order valence-electron chi connectivity index (χ0n) is 17.9. The Labute approximate surface area is 188 Å². The molecule has 0 spiro atoms. The number of rotatable bonds is 8. The standard InChI is InChI=1S/C23H27N3O5S/c1-32(28,29)14-11-20(16-9-12-30-13-10-16)25-22(27)19-15-24-21(17-7-8-17)26-23(19)31-18-5-3-2-4-6-18/h2-6,11,14-17,20H,7-10,12-13H2,1H3,(H,25,27)/b14-11+/t20-/m1/s1. The minimum absolute atomic E-state index is 0.0656. The highest BCUT2D eigenvalue weighted by Gasteiger charge is 2.30. The number of ether oxygens (including phenoxy) is 2. The van der Waals surface area contributed by atoms with Gasteiger partial charge in [0.05, 0.1) is 6.04 Å². The van der Waals surface area contributed by atoms with Gasteiger partial charge >= 0.3 is 0 Å². The minimum atomic E-state index is -3.33. The summed E-state index contributed by atoms with van der Waals surface area (Å²) in [6.07, 6.45) is 7.67. The number of para-hydroxylation sites is 1. The molecule has 0 radical (unpaired) electrons. The molecule has 1 aliphatic heterocycles. The normalized spacial score (nSPS) is 18.4. The predicted octanol–water partition coefficient (Wildman–Crippen LogP) is 3.23. The van der Waals surface area contributed by atoms with Crippen LogP contribution in [-0.2, 0) is 14.6 Å². The third-order valence-corrected chi connectivity index (χ3v) is 6.17. The van der Waals surface area contributed by atoms with Crippen molar-refractivity contribution in [3.8, 4) is 11.6 Å². The first-order valence-electron chi connectivity index (χ1n) is 10.8. The molecule has 1 saturated carbocycles. The Bertz CT molecular complexity index is 1080. The molecule has 9 heteroatoms. The van der Waals surface area contributed by atoms with Crippen LogP contribution in [0.25, 0.3) is 0 Å². The van der Waals surface area contributed by atoms with E-state index in [-0.39, 0.29) is 17.4 Å². The molecule has 2 fully saturated rings. The lowest BCUT2D eigenvalue weighted by Gasteiger charge is -2.29. The predicted molar refractivity (Wildman–Crippen MR) is 119 cm³/mol. The zero-order valence-corrected chi connectivity index (χ0v) is 18.8. The average Bonchev–Trinajstić information content (AvgIpc) is 3.63. The van der Waals surface area contributed by atoms with Gasteiger partial charge in [-0.1, -0.05) is 24.3 Å². The van der Waals surface area contributed by atoms with E-state index in [4.69, 9.17) is 9.47 Å². The third kappa shape index (κ3) is 6.14. The highest BCUT2D eigenvalue weighted by atomic mass is 32.2. The van der Waals surface area contributed by atoms with Crippen molar-refractivity contribution in [1.82, 2.24) is 15.3 Å². The van der Waals surface area contributed by atoms with E-state index in [0.29, 0.717) is 30.7 Å². The first-order chi connectivity index (χ1) is 15.4. The number of hydrogen-bond donors (Lipinski definition) is 1. The van der Waals surface area contributed by atoms with E-state index >= 15 is 0 Å². The second-order valence-corrected chi connectivity index (χ2v) is 10.2. The lowest BCUT2D eigenvalue weighted by molar-refractivity contribution is 0.0569. The molecule has 1 aliphatic carbocycles. The Morgan fingerprint density at radius 2 is 1.91 bits per heavy atom. The fourth-order valence-corrected chi connectivity index (χ4v) is 4.06. The zero-order chi connectivity index (χ0) is 22.6. The molecule has 1 aromatic heterocycles. The van der Waals surface area contributed by atoms with Crippen molar-refractivity contribution in [2.24, 2.45) is 5.92 Å². The molecular formula is C23H27N3O5S. The van der Waals surface area contributed by atoms with Crippen LogP contribution in [0.15, 0.2) is 48.0 Å². The summed E-state index contributed by atoms with van der Waals surface area (Å²) in [6.45, 7) is 1.15. The van der Waals surface area contributed by atoms with Crippen molar-refractivity contribution in [3.63, 3.8) is 0 Å². The molecule has 4 rings (SSSR count). The van der Waals surface area contributed by atoms with Gasteiger partial charge in [-0.3, -0.25) is 4.79 Å². The highest BCUT2D eigenvalue weighted by molar-refractivity contribution is 7.93. The number of nitrogens with zero attached hydrogens (tertiary/aromatic N) is 2. The van der Waals surface area contributed by atoms with E-state index in [0.717, 1.165) is 37.3 Å². The van der Waals surface area contributed by atoms with Gasteiger partial charge < -0.3 is 14.8 Å². The van der Waals surface area contributed by atoms with Gasteiger partial charge in [0.2, 0.25) is 5.88 Å². The van der Waals surface area contributed by atoms with Crippen LogP contribution in [-0.4, -0.2) is 49.8 Å². The van der Waals surface area contributed by atoms with E-state index in [2.05, 4.69) is 15.3 Å². The maximum Gasteiger partial charge on any atom is 0.258 e. The largest absolute Gasteiger partial charge is 0.438 e. The molecule has 1 amide bonds. The van der Waals surface area contributed by atoms with Gasteiger partial charge in [-0.15, -0.1) is 0 Å². The number of nitrogens with one attached hydrogen (secondary N) is 1. The highest BCUT2D eigenvalue weighted by Crippen LogP contribution is 2.39. The Morgan fingerprint density at radius 3 is 2.56 bits per heavy atom. The van der Waals surface area contributed by atoms with E-state index < -0.39 is 21.8 Å². The summed E-state index contributed by atoms with van der Waals surface area (Å²) >= 11 is 0. The first kappa shape index (κ1) is 22.4. The third-order valence-electron chi connectivity index (χ3n) is 5.52. The summed E-state index contributed by atoms with van der Waals surface area (Å²) in [6, 6.07) is 8.68. The van der Waals surface area contributed by atoms with Gasteiger partial charge in [-0.2, -0.15) is 4.98 Å². The molecule has 1 saturated heterocycles. The minimum Gasteiger partial charge on any atom is -0.438 e.